The Hall–Kier alpha value is -2.96. The van der Waals surface area contributed by atoms with Crippen LogP contribution in [-0.2, 0) is 15.1 Å². The van der Waals surface area contributed by atoms with Crippen molar-refractivity contribution in [2.24, 2.45) is 0 Å². The second-order valence-corrected chi connectivity index (χ2v) is 8.38. The van der Waals surface area contributed by atoms with Crippen molar-refractivity contribution in [1.29, 1.82) is 0 Å². The molecule has 3 rings (SSSR count). The first-order valence-electron chi connectivity index (χ1n) is 10.4. The smallest absolute Gasteiger partial charge is 0.338 e. The van der Waals surface area contributed by atoms with Crippen LogP contribution in [0.3, 0.4) is 0 Å². The molecule has 1 N–H and O–H groups in total. The number of esters is 1. The van der Waals surface area contributed by atoms with Gasteiger partial charge in [0.05, 0.1) is 11.7 Å². The number of anilines is 1. The molecule has 0 unspecified atom stereocenters. The maximum Gasteiger partial charge on any atom is 0.338 e. The third-order valence-electron chi connectivity index (χ3n) is 5.00. The maximum absolute atomic E-state index is 13.9. The average Bonchev–Trinajstić information content (AvgIpc) is 2.82. The number of halogens is 1. The number of nitrogens with zero attached hydrogens (tertiary/aromatic N) is 1. The Morgan fingerprint density at radius 1 is 0.906 bits per heavy atom. The molecule has 166 valence electrons. The number of carbonyl (C=O) groups excluding carboxylic acids is 2. The summed E-state index contributed by atoms with van der Waals surface area (Å²) >= 11 is 3.41. The zero-order chi connectivity index (χ0) is 23.1. The van der Waals surface area contributed by atoms with Crippen molar-refractivity contribution in [2.45, 2.75) is 25.6 Å². The van der Waals surface area contributed by atoms with Crippen LogP contribution in [0, 0.1) is 0 Å². The summed E-state index contributed by atoms with van der Waals surface area (Å²) < 4.78 is 5.23. The lowest BCUT2D eigenvalue weighted by Gasteiger charge is -2.34. The van der Waals surface area contributed by atoms with E-state index in [1.807, 2.05) is 12.1 Å². The molecule has 0 aliphatic rings. The van der Waals surface area contributed by atoms with Crippen LogP contribution in [0.1, 0.15) is 35.3 Å². The van der Waals surface area contributed by atoms with Gasteiger partial charge in [0.2, 0.25) is 0 Å². The fraction of sp³-hybridized carbons (Fsp3) is 0.231. The monoisotopic (exact) mass is 495 g/mol. The highest BCUT2D eigenvalue weighted by Crippen LogP contribution is 2.33. The summed E-state index contributed by atoms with van der Waals surface area (Å²) in [5.41, 5.74) is 0.0524. The first kappa shape index (κ1) is 23.7. The predicted octanol–water partition coefficient (Wildman–Crippen LogP) is 4.92. The number of ether oxygens (including phenoxy) is 1. The second-order valence-electron chi connectivity index (χ2n) is 7.59. The van der Waals surface area contributed by atoms with Crippen LogP contribution in [0.4, 0.5) is 5.69 Å². The van der Waals surface area contributed by atoms with Gasteiger partial charge in [0.1, 0.15) is 0 Å². The van der Waals surface area contributed by atoms with Gasteiger partial charge in [-0.25, -0.2) is 4.79 Å². The summed E-state index contributed by atoms with van der Waals surface area (Å²) in [5, 5.41) is 12.4. The third-order valence-corrected chi connectivity index (χ3v) is 5.36. The van der Waals surface area contributed by atoms with Gasteiger partial charge in [-0.15, -0.1) is 0 Å². The molecule has 0 heterocycles. The zero-order valence-electron chi connectivity index (χ0n) is 18.1. The molecule has 1 amide bonds. The zero-order valence-corrected chi connectivity index (χ0v) is 19.7. The van der Waals surface area contributed by atoms with Gasteiger partial charge in [-0.05, 0) is 49.2 Å². The molecule has 32 heavy (non-hydrogen) atoms. The maximum atomic E-state index is 13.9. The highest BCUT2D eigenvalue weighted by molar-refractivity contribution is 9.09. The first-order valence-corrected chi connectivity index (χ1v) is 11.5. The van der Waals surface area contributed by atoms with Crippen LogP contribution >= 0.6 is 15.9 Å². The number of alkyl halides is 1. The average molecular weight is 496 g/mol. The first-order chi connectivity index (χ1) is 15.4. The summed E-state index contributed by atoms with van der Waals surface area (Å²) in [4.78, 5) is 27.6. The molecule has 0 aliphatic heterocycles. The van der Waals surface area contributed by atoms with Gasteiger partial charge < -0.3 is 14.7 Å². The number of hydrogen-bond acceptors (Lipinski definition) is 4. The summed E-state index contributed by atoms with van der Waals surface area (Å²) in [5.74, 6) is -0.901. The Kier molecular flexibility index (Phi) is 7.83. The minimum absolute atomic E-state index is 0.222. The molecule has 3 aromatic carbocycles. The van der Waals surface area contributed by atoms with Crippen molar-refractivity contribution in [3.8, 4) is 0 Å². The Labute approximate surface area is 196 Å². The molecule has 0 bridgehead atoms. The van der Waals surface area contributed by atoms with E-state index in [4.69, 9.17) is 4.74 Å². The lowest BCUT2D eigenvalue weighted by Crippen LogP contribution is -2.48. The van der Waals surface area contributed by atoms with Crippen molar-refractivity contribution < 1.29 is 19.4 Å². The number of rotatable bonds is 8. The molecule has 0 saturated heterocycles. The molecule has 3 aromatic rings. The Bertz CT molecular complexity index is 997. The van der Waals surface area contributed by atoms with E-state index in [0.29, 0.717) is 34.3 Å². The van der Waals surface area contributed by atoms with Crippen LogP contribution in [0.2, 0.25) is 0 Å². The van der Waals surface area contributed by atoms with E-state index in [9.17, 15) is 14.7 Å². The van der Waals surface area contributed by atoms with Gasteiger partial charge >= 0.3 is 5.97 Å². The number of benzene rings is 3. The fourth-order valence-corrected chi connectivity index (χ4v) is 3.81. The van der Waals surface area contributed by atoms with Crippen molar-refractivity contribution in [3.05, 3.63) is 102 Å². The number of hydrogen-bond donors (Lipinski definition) is 1. The highest BCUT2D eigenvalue weighted by atomic mass is 79.9. The number of carbonyl (C=O) groups is 2. The van der Waals surface area contributed by atoms with E-state index in [1.54, 1.807) is 86.6 Å². The molecule has 0 aromatic heterocycles. The molecule has 0 aliphatic carbocycles. The van der Waals surface area contributed by atoms with Gasteiger partial charge in [-0.2, -0.15) is 0 Å². The van der Waals surface area contributed by atoms with Crippen molar-refractivity contribution >= 4 is 33.5 Å². The highest BCUT2D eigenvalue weighted by Gasteiger charge is 2.43. The molecule has 0 radical (unpaired) electrons. The van der Waals surface area contributed by atoms with E-state index in [2.05, 4.69) is 15.9 Å². The standard InChI is InChI=1S/C26H26BrNO4/c1-19(2)32-24(29)20-13-15-23(16-14-20)28(18-17-27)25(30)26(31,21-9-5-3-6-10-21)22-11-7-4-8-12-22/h3-16,19,31H,17-18H2,1-2H3. The van der Waals surface area contributed by atoms with Gasteiger partial charge in [0, 0.05) is 17.6 Å². The molecule has 6 heteroatoms. The Balaban J connectivity index is 2.02. The normalized spacial score (nSPS) is 11.3. The van der Waals surface area contributed by atoms with Gasteiger partial charge in [-0.3, -0.25) is 4.79 Å². The van der Waals surface area contributed by atoms with Gasteiger partial charge in [0.25, 0.3) is 5.91 Å². The van der Waals surface area contributed by atoms with E-state index >= 15 is 0 Å². The third kappa shape index (κ3) is 5.09. The summed E-state index contributed by atoms with van der Waals surface area (Å²) in [7, 11) is 0. The number of aliphatic hydroxyl groups is 1. The number of amides is 1. The topological polar surface area (TPSA) is 66.8 Å². The van der Waals surface area contributed by atoms with Crippen LogP contribution < -0.4 is 4.90 Å². The largest absolute Gasteiger partial charge is 0.459 e. The van der Waals surface area contributed by atoms with Crippen LogP contribution in [0.15, 0.2) is 84.9 Å². The van der Waals surface area contributed by atoms with E-state index in [1.165, 1.54) is 4.90 Å². The SMILES string of the molecule is CC(C)OC(=O)c1ccc(N(CCBr)C(=O)C(O)(c2ccccc2)c2ccccc2)cc1. The van der Waals surface area contributed by atoms with E-state index in [-0.39, 0.29) is 6.10 Å². The molecular formula is C26H26BrNO4. The van der Waals surface area contributed by atoms with Crippen molar-refractivity contribution in [2.75, 3.05) is 16.8 Å². The molecule has 0 saturated carbocycles. The molecule has 0 atom stereocenters. The van der Waals surface area contributed by atoms with Gasteiger partial charge in [-0.1, -0.05) is 76.6 Å². The van der Waals surface area contributed by atoms with Crippen LogP contribution in [0.5, 0.6) is 0 Å². The summed E-state index contributed by atoms with van der Waals surface area (Å²) in [6.07, 6.45) is -0.222. The van der Waals surface area contributed by atoms with Crippen molar-refractivity contribution in [3.63, 3.8) is 0 Å². The fourth-order valence-electron chi connectivity index (χ4n) is 3.46. The minimum Gasteiger partial charge on any atom is -0.459 e. The lowest BCUT2D eigenvalue weighted by molar-refractivity contribution is -0.133. The summed E-state index contributed by atoms with van der Waals surface area (Å²) in [6, 6.07) is 24.4. The van der Waals surface area contributed by atoms with Crippen LogP contribution in [-0.4, -0.2) is 35.0 Å². The predicted molar refractivity (Wildman–Crippen MR) is 129 cm³/mol. The lowest BCUT2D eigenvalue weighted by atomic mass is 9.85. The molecular weight excluding hydrogens is 470 g/mol. The molecule has 5 nitrogen and oxygen atoms in total. The van der Waals surface area contributed by atoms with E-state index in [0.717, 1.165) is 0 Å². The van der Waals surface area contributed by atoms with Crippen LogP contribution in [0.25, 0.3) is 0 Å². The second kappa shape index (κ2) is 10.6. The summed E-state index contributed by atoms with van der Waals surface area (Å²) in [6.45, 7) is 3.91. The van der Waals surface area contributed by atoms with Crippen molar-refractivity contribution in [1.82, 2.24) is 0 Å². The Morgan fingerprint density at radius 3 is 1.84 bits per heavy atom. The molecule has 0 fully saturated rings. The molecule has 0 spiro atoms. The van der Waals surface area contributed by atoms with E-state index < -0.39 is 17.5 Å². The quantitative estimate of drug-likeness (QED) is 0.355. The minimum atomic E-state index is -1.88. The Morgan fingerprint density at radius 2 is 1.41 bits per heavy atom. The van der Waals surface area contributed by atoms with Gasteiger partial charge in [0.15, 0.2) is 5.60 Å².